The highest BCUT2D eigenvalue weighted by Crippen LogP contribution is 2.44. The number of alkyl halides is 5. The van der Waals surface area contributed by atoms with Gasteiger partial charge in [-0.1, -0.05) is 17.7 Å². The Morgan fingerprint density at radius 3 is 2.15 bits per heavy atom. The number of benzene rings is 1. The van der Waals surface area contributed by atoms with E-state index in [9.17, 15) is 32.1 Å². The van der Waals surface area contributed by atoms with E-state index in [1.807, 2.05) is 0 Å². The topological polar surface area (TPSA) is 69.2 Å². The van der Waals surface area contributed by atoms with Gasteiger partial charge in [-0.25, -0.2) is 0 Å². The molecular weight excluding hydrogens is 334 g/mol. The van der Waals surface area contributed by atoms with E-state index in [0.29, 0.717) is 6.07 Å². The van der Waals surface area contributed by atoms with Crippen molar-refractivity contribution in [3.05, 3.63) is 38.9 Å². The van der Waals surface area contributed by atoms with Crippen molar-refractivity contribution in [3.8, 4) is 0 Å². The monoisotopic (exact) mass is 340 g/mol. The second-order valence-electron chi connectivity index (χ2n) is 3.57. The Balaban J connectivity index is 0.00000361. The summed E-state index contributed by atoms with van der Waals surface area (Å²) in [4.78, 5) is 9.50. The van der Waals surface area contributed by atoms with Gasteiger partial charge in [-0.05, 0) is 11.6 Å². The molecule has 1 aromatic carbocycles. The van der Waals surface area contributed by atoms with E-state index in [1.54, 1.807) is 0 Å². The molecule has 0 aliphatic heterocycles. The second-order valence-corrected chi connectivity index (χ2v) is 3.97. The molecule has 1 aromatic rings. The minimum atomic E-state index is -5.86. The molecule has 0 bridgehead atoms. The maximum atomic E-state index is 13.0. The number of halogens is 7. The number of nitro benzene ring substituents is 1. The highest BCUT2D eigenvalue weighted by Gasteiger charge is 2.61. The van der Waals surface area contributed by atoms with Gasteiger partial charge in [0.2, 0.25) is 0 Å². The molecule has 0 radical (unpaired) electrons. The van der Waals surface area contributed by atoms with E-state index in [0.717, 1.165) is 12.1 Å². The molecule has 2 N–H and O–H groups in total. The molecule has 0 aromatic heterocycles. The van der Waals surface area contributed by atoms with Crippen molar-refractivity contribution < 1.29 is 26.9 Å². The SMILES string of the molecule is Cl.N[C@@H](c1ccc(Cl)c([N+](=O)[O-])c1)C(F)(F)C(F)(F)F. The van der Waals surface area contributed by atoms with Gasteiger partial charge in [-0.2, -0.15) is 22.0 Å². The second kappa shape index (κ2) is 6.06. The summed E-state index contributed by atoms with van der Waals surface area (Å²) >= 11 is 5.41. The van der Waals surface area contributed by atoms with Crippen molar-refractivity contribution in [1.29, 1.82) is 0 Å². The number of nitrogens with zero attached hydrogens (tertiary/aromatic N) is 1. The normalized spacial score (nSPS) is 13.6. The molecule has 114 valence electrons. The fourth-order valence-corrected chi connectivity index (χ4v) is 1.44. The average molecular weight is 341 g/mol. The van der Waals surface area contributed by atoms with Crippen LogP contribution in [0.15, 0.2) is 18.2 Å². The Bertz CT molecular complexity index is 510. The van der Waals surface area contributed by atoms with Gasteiger partial charge in [-0.15, -0.1) is 12.4 Å². The van der Waals surface area contributed by atoms with Crippen LogP contribution < -0.4 is 5.73 Å². The lowest BCUT2D eigenvalue weighted by molar-refractivity contribution is -0.384. The molecule has 20 heavy (non-hydrogen) atoms. The zero-order valence-corrected chi connectivity index (χ0v) is 10.9. The predicted molar refractivity (Wildman–Crippen MR) is 63.3 cm³/mol. The quantitative estimate of drug-likeness (QED) is 0.516. The Morgan fingerprint density at radius 1 is 1.25 bits per heavy atom. The predicted octanol–water partition coefficient (Wildman–Crippen LogP) is 3.87. The van der Waals surface area contributed by atoms with Crippen LogP contribution in [0.4, 0.5) is 27.6 Å². The van der Waals surface area contributed by atoms with Gasteiger partial charge in [-0.3, -0.25) is 10.1 Å². The summed E-state index contributed by atoms with van der Waals surface area (Å²) in [7, 11) is 0. The molecule has 4 nitrogen and oxygen atoms in total. The number of rotatable bonds is 3. The number of hydrogen-bond acceptors (Lipinski definition) is 3. The molecular formula is C9H7Cl2F5N2O2. The van der Waals surface area contributed by atoms with Crippen molar-refractivity contribution in [1.82, 2.24) is 0 Å². The van der Waals surface area contributed by atoms with Crippen LogP contribution in [0.25, 0.3) is 0 Å². The maximum Gasteiger partial charge on any atom is 0.455 e. The number of hydrogen-bond donors (Lipinski definition) is 1. The molecule has 0 unspecified atom stereocenters. The fraction of sp³-hybridized carbons (Fsp3) is 0.333. The summed E-state index contributed by atoms with van der Waals surface area (Å²) in [6, 6.07) is -0.656. The maximum absolute atomic E-state index is 13.0. The first-order chi connectivity index (χ1) is 8.48. The minimum Gasteiger partial charge on any atom is -0.319 e. The van der Waals surface area contributed by atoms with E-state index in [2.05, 4.69) is 0 Å². The van der Waals surface area contributed by atoms with E-state index in [4.69, 9.17) is 17.3 Å². The van der Waals surface area contributed by atoms with Crippen molar-refractivity contribution in [2.75, 3.05) is 0 Å². The summed E-state index contributed by atoms with van der Waals surface area (Å²) in [6.07, 6.45) is -5.86. The van der Waals surface area contributed by atoms with Crippen LogP contribution in [-0.2, 0) is 0 Å². The molecule has 0 fully saturated rings. The third-order valence-electron chi connectivity index (χ3n) is 2.29. The zero-order valence-electron chi connectivity index (χ0n) is 9.33. The van der Waals surface area contributed by atoms with Crippen molar-refractivity contribution in [2.24, 2.45) is 5.73 Å². The smallest absolute Gasteiger partial charge is 0.319 e. The van der Waals surface area contributed by atoms with Crippen molar-refractivity contribution in [2.45, 2.75) is 18.1 Å². The minimum absolute atomic E-state index is 0. The fourth-order valence-electron chi connectivity index (χ4n) is 1.25. The Kier molecular flexibility index (Phi) is 5.70. The van der Waals surface area contributed by atoms with E-state index in [-0.39, 0.29) is 12.4 Å². The molecule has 0 heterocycles. The number of nitrogens with two attached hydrogens (primary N) is 1. The summed E-state index contributed by atoms with van der Waals surface area (Å²) in [5.74, 6) is -5.21. The van der Waals surface area contributed by atoms with Gasteiger partial charge in [0.1, 0.15) is 11.1 Å². The Morgan fingerprint density at radius 2 is 1.75 bits per heavy atom. The molecule has 0 spiro atoms. The lowest BCUT2D eigenvalue weighted by Crippen LogP contribution is -2.45. The Hall–Kier alpha value is -1.19. The van der Waals surface area contributed by atoms with E-state index >= 15 is 0 Å². The summed E-state index contributed by atoms with van der Waals surface area (Å²) < 4.78 is 62.3. The molecule has 1 atom stereocenters. The van der Waals surface area contributed by atoms with Crippen LogP contribution in [-0.4, -0.2) is 17.0 Å². The molecule has 0 amide bonds. The largest absolute Gasteiger partial charge is 0.455 e. The molecule has 0 saturated carbocycles. The van der Waals surface area contributed by atoms with Gasteiger partial charge >= 0.3 is 12.1 Å². The standard InChI is InChI=1S/C9H6ClF5N2O2.ClH/c10-5-2-1-4(3-6(5)17(18)19)7(16)8(11,12)9(13,14)15;/h1-3,7H,16H2;1H/t7-;/m0./s1. The summed E-state index contributed by atoms with van der Waals surface area (Å²) in [6.45, 7) is 0. The van der Waals surface area contributed by atoms with Crippen molar-refractivity contribution in [3.63, 3.8) is 0 Å². The first-order valence-corrected chi connectivity index (χ1v) is 5.00. The van der Waals surface area contributed by atoms with E-state index < -0.39 is 39.3 Å². The first-order valence-electron chi connectivity index (χ1n) is 4.62. The third-order valence-corrected chi connectivity index (χ3v) is 2.61. The lowest BCUT2D eigenvalue weighted by atomic mass is 10.0. The van der Waals surface area contributed by atoms with Crippen molar-refractivity contribution >= 4 is 29.7 Å². The molecule has 0 saturated heterocycles. The molecule has 11 heteroatoms. The molecule has 1 rings (SSSR count). The molecule has 0 aliphatic carbocycles. The first kappa shape index (κ1) is 18.8. The van der Waals surface area contributed by atoms with Gasteiger partial charge in [0, 0.05) is 6.07 Å². The van der Waals surface area contributed by atoms with Gasteiger partial charge in [0.15, 0.2) is 0 Å². The van der Waals surface area contributed by atoms with Gasteiger partial charge in [0.25, 0.3) is 5.69 Å². The summed E-state index contributed by atoms with van der Waals surface area (Å²) in [5.41, 5.74) is 3.31. The summed E-state index contributed by atoms with van der Waals surface area (Å²) in [5, 5.41) is 10.1. The van der Waals surface area contributed by atoms with Crippen LogP contribution in [0.3, 0.4) is 0 Å². The third kappa shape index (κ3) is 3.47. The van der Waals surface area contributed by atoms with Crippen LogP contribution >= 0.6 is 24.0 Å². The lowest BCUT2D eigenvalue weighted by Gasteiger charge is -2.25. The zero-order chi connectivity index (χ0) is 15.0. The van der Waals surface area contributed by atoms with Crippen LogP contribution in [0.1, 0.15) is 11.6 Å². The molecule has 0 aliphatic rings. The van der Waals surface area contributed by atoms with Gasteiger partial charge < -0.3 is 5.73 Å². The number of nitro groups is 1. The van der Waals surface area contributed by atoms with Gasteiger partial charge in [0.05, 0.1) is 4.92 Å². The highest BCUT2D eigenvalue weighted by molar-refractivity contribution is 6.32. The van der Waals surface area contributed by atoms with Crippen LogP contribution in [0.5, 0.6) is 0 Å². The van der Waals surface area contributed by atoms with E-state index in [1.165, 1.54) is 0 Å². The van der Waals surface area contributed by atoms with Crippen LogP contribution in [0.2, 0.25) is 5.02 Å². The average Bonchev–Trinajstić information content (AvgIpc) is 2.26. The highest BCUT2D eigenvalue weighted by atomic mass is 35.5. The Labute approximate surface area is 120 Å². The van der Waals surface area contributed by atoms with Crippen LogP contribution in [0, 0.1) is 10.1 Å².